The zero-order chi connectivity index (χ0) is 24.4. The number of aliphatic hydroxyl groups is 1. The third-order valence-corrected chi connectivity index (χ3v) is 8.40. The molecule has 2 heterocycles. The van der Waals surface area contributed by atoms with Crippen molar-refractivity contribution in [1.82, 2.24) is 20.2 Å². The molecule has 2 saturated carbocycles. The van der Waals surface area contributed by atoms with Crippen LogP contribution in [0.2, 0.25) is 5.02 Å². The van der Waals surface area contributed by atoms with E-state index in [1.54, 1.807) is 7.05 Å². The van der Waals surface area contributed by atoms with Gasteiger partial charge in [0, 0.05) is 36.4 Å². The first-order valence-electron chi connectivity index (χ1n) is 11.2. The number of nitrogen functional groups attached to an aromatic ring is 1. The van der Waals surface area contributed by atoms with E-state index in [0.717, 1.165) is 17.3 Å². The first-order valence-corrected chi connectivity index (χ1v) is 12.4. The average molecular weight is 554 g/mol. The SMILES string of the molecule is CN1C=C(Br)C(C2(O)CC3CC(c4nn(C)c(N)c4C(=O)Nc4ccc(F)c(Cl)c4)CC3C2)N1. The topological polar surface area (TPSA) is 108 Å². The number of nitrogens with zero attached hydrogens (tertiary/aromatic N) is 3. The number of hydrazine groups is 1. The zero-order valence-electron chi connectivity index (χ0n) is 18.9. The Balaban J connectivity index is 1.33. The minimum Gasteiger partial charge on any atom is -0.388 e. The van der Waals surface area contributed by atoms with Gasteiger partial charge in [-0.05, 0) is 55.7 Å². The number of aromatic nitrogens is 2. The Labute approximate surface area is 210 Å². The molecule has 5 rings (SSSR count). The highest BCUT2D eigenvalue weighted by Crippen LogP contribution is 2.56. The maximum atomic E-state index is 13.5. The van der Waals surface area contributed by atoms with Crippen LogP contribution in [0.1, 0.15) is 47.7 Å². The maximum absolute atomic E-state index is 13.5. The number of rotatable bonds is 4. The molecule has 1 aromatic heterocycles. The number of amides is 1. The summed E-state index contributed by atoms with van der Waals surface area (Å²) in [6.07, 6.45) is 4.96. The van der Waals surface area contributed by atoms with Crippen LogP contribution in [0, 0.1) is 17.7 Å². The molecule has 3 atom stereocenters. The summed E-state index contributed by atoms with van der Waals surface area (Å²) in [4.78, 5) is 13.2. The van der Waals surface area contributed by atoms with Crippen molar-refractivity contribution in [3.8, 4) is 0 Å². The largest absolute Gasteiger partial charge is 0.388 e. The van der Waals surface area contributed by atoms with Gasteiger partial charge in [-0.3, -0.25) is 9.48 Å². The summed E-state index contributed by atoms with van der Waals surface area (Å²) < 4.78 is 16.0. The second-order valence-electron chi connectivity index (χ2n) is 9.74. The van der Waals surface area contributed by atoms with E-state index in [-0.39, 0.29) is 22.8 Å². The number of carbonyl (C=O) groups excluding carboxylic acids is 1. The van der Waals surface area contributed by atoms with Crippen LogP contribution in [0.3, 0.4) is 0 Å². The van der Waals surface area contributed by atoms with Crippen molar-refractivity contribution in [2.75, 3.05) is 18.1 Å². The van der Waals surface area contributed by atoms with Gasteiger partial charge in [0.2, 0.25) is 0 Å². The zero-order valence-corrected chi connectivity index (χ0v) is 21.2. The molecular weight excluding hydrogens is 527 g/mol. The second kappa shape index (κ2) is 8.51. The summed E-state index contributed by atoms with van der Waals surface area (Å²) in [7, 11) is 3.62. The highest BCUT2D eigenvalue weighted by atomic mass is 79.9. The molecule has 2 aromatic rings. The van der Waals surface area contributed by atoms with E-state index < -0.39 is 17.3 Å². The highest BCUT2D eigenvalue weighted by molar-refractivity contribution is 9.11. The van der Waals surface area contributed by atoms with Gasteiger partial charge >= 0.3 is 0 Å². The van der Waals surface area contributed by atoms with Crippen LogP contribution in [0.25, 0.3) is 0 Å². The molecule has 0 saturated heterocycles. The van der Waals surface area contributed by atoms with Crippen LogP contribution in [-0.2, 0) is 7.05 Å². The summed E-state index contributed by atoms with van der Waals surface area (Å²) in [6.45, 7) is 0. The summed E-state index contributed by atoms with van der Waals surface area (Å²) >= 11 is 9.44. The van der Waals surface area contributed by atoms with Crippen molar-refractivity contribution in [3.63, 3.8) is 0 Å². The number of anilines is 2. The third-order valence-electron chi connectivity index (χ3n) is 7.45. The Hall–Kier alpha value is -2.14. The number of fused-ring (bicyclic) bond motifs is 1. The number of benzene rings is 1. The first-order chi connectivity index (χ1) is 16.1. The number of hydrogen-bond donors (Lipinski definition) is 4. The number of hydrogen-bond acceptors (Lipinski definition) is 6. The number of aryl methyl sites for hydroxylation is 1. The Morgan fingerprint density at radius 1 is 1.35 bits per heavy atom. The van der Waals surface area contributed by atoms with Crippen molar-refractivity contribution in [2.24, 2.45) is 18.9 Å². The fourth-order valence-electron chi connectivity index (χ4n) is 5.95. The summed E-state index contributed by atoms with van der Waals surface area (Å²) in [6, 6.07) is 3.86. The molecular formula is C23H27BrClFN6O2. The Bertz CT molecular complexity index is 1170. The molecule has 3 unspecified atom stereocenters. The standard InChI is InChI=1S/C23H27BrClFN6O2/c1-31-10-15(24)20(30-31)23(34)8-12-5-11(6-13(12)9-23)19-18(21(27)32(2)29-19)22(33)28-14-3-4-17(26)16(25)7-14/h3-4,7,10-13,20,30,34H,5-6,8-9,27H2,1-2H3,(H,28,33). The molecule has 0 radical (unpaired) electrons. The van der Waals surface area contributed by atoms with E-state index >= 15 is 0 Å². The van der Waals surface area contributed by atoms with E-state index in [9.17, 15) is 14.3 Å². The minimum absolute atomic E-state index is 0.0683. The Kier molecular flexibility index (Phi) is 5.91. The Morgan fingerprint density at radius 2 is 2.03 bits per heavy atom. The molecule has 182 valence electrons. The number of nitrogens with two attached hydrogens (primary N) is 1. The first kappa shape index (κ1) is 23.6. The van der Waals surface area contributed by atoms with Crippen LogP contribution >= 0.6 is 27.5 Å². The smallest absolute Gasteiger partial charge is 0.261 e. The second-order valence-corrected chi connectivity index (χ2v) is 11.1. The summed E-state index contributed by atoms with van der Waals surface area (Å²) in [5, 5.41) is 20.6. The van der Waals surface area contributed by atoms with Crippen LogP contribution in [0.15, 0.2) is 28.9 Å². The van der Waals surface area contributed by atoms with Crippen molar-refractivity contribution >= 4 is 44.9 Å². The summed E-state index contributed by atoms with van der Waals surface area (Å²) in [5.74, 6) is 0.0567. The van der Waals surface area contributed by atoms with E-state index in [1.165, 1.54) is 22.9 Å². The molecule has 11 heteroatoms. The van der Waals surface area contributed by atoms with E-state index in [1.807, 2.05) is 18.3 Å². The number of halogens is 3. The minimum atomic E-state index is -0.828. The van der Waals surface area contributed by atoms with Crippen LogP contribution in [0.5, 0.6) is 0 Å². The third kappa shape index (κ3) is 4.00. The maximum Gasteiger partial charge on any atom is 0.261 e. The highest BCUT2D eigenvalue weighted by Gasteiger charge is 2.54. The molecule has 2 fully saturated rings. The molecule has 2 aliphatic carbocycles. The van der Waals surface area contributed by atoms with Gasteiger partial charge in [-0.15, -0.1) is 0 Å². The summed E-state index contributed by atoms with van der Waals surface area (Å²) in [5.41, 5.74) is 10.1. The molecule has 1 aromatic carbocycles. The van der Waals surface area contributed by atoms with Gasteiger partial charge in [0.25, 0.3) is 5.91 Å². The quantitative estimate of drug-likeness (QED) is 0.459. The van der Waals surface area contributed by atoms with Gasteiger partial charge < -0.3 is 21.2 Å². The normalized spacial score (nSPS) is 30.5. The fraction of sp³-hybridized carbons (Fsp3) is 0.478. The average Bonchev–Trinajstić information content (AvgIpc) is 3.47. The van der Waals surface area contributed by atoms with Crippen LogP contribution in [-0.4, -0.2) is 44.5 Å². The van der Waals surface area contributed by atoms with Gasteiger partial charge in [0.05, 0.1) is 22.4 Å². The van der Waals surface area contributed by atoms with E-state index in [4.69, 9.17) is 17.3 Å². The van der Waals surface area contributed by atoms with Crippen molar-refractivity contribution in [1.29, 1.82) is 0 Å². The predicted molar refractivity (Wildman–Crippen MR) is 132 cm³/mol. The van der Waals surface area contributed by atoms with Crippen molar-refractivity contribution < 1.29 is 14.3 Å². The van der Waals surface area contributed by atoms with Gasteiger partial charge in [-0.2, -0.15) is 5.10 Å². The number of carbonyl (C=O) groups is 1. The van der Waals surface area contributed by atoms with Gasteiger partial charge in [-0.1, -0.05) is 27.5 Å². The van der Waals surface area contributed by atoms with Gasteiger partial charge in [0.15, 0.2) is 0 Å². The molecule has 1 amide bonds. The lowest BCUT2D eigenvalue weighted by atomic mass is 9.87. The van der Waals surface area contributed by atoms with Crippen LogP contribution in [0.4, 0.5) is 15.9 Å². The van der Waals surface area contributed by atoms with Crippen molar-refractivity contribution in [2.45, 2.75) is 43.2 Å². The van der Waals surface area contributed by atoms with Crippen molar-refractivity contribution in [3.05, 3.63) is 51.0 Å². The lowest BCUT2D eigenvalue weighted by Crippen LogP contribution is -2.50. The molecule has 8 nitrogen and oxygen atoms in total. The van der Waals surface area contributed by atoms with Gasteiger partial charge in [0.1, 0.15) is 17.2 Å². The molecule has 0 bridgehead atoms. The van der Waals surface area contributed by atoms with Crippen LogP contribution < -0.4 is 16.5 Å². The molecule has 34 heavy (non-hydrogen) atoms. The van der Waals surface area contributed by atoms with E-state index in [0.29, 0.717) is 41.6 Å². The van der Waals surface area contributed by atoms with Gasteiger partial charge in [-0.25, -0.2) is 9.82 Å². The number of nitrogens with one attached hydrogen (secondary N) is 2. The predicted octanol–water partition coefficient (Wildman–Crippen LogP) is 3.74. The fourth-order valence-corrected chi connectivity index (χ4v) is 6.96. The molecule has 3 aliphatic rings. The molecule has 1 aliphatic heterocycles. The molecule has 0 spiro atoms. The lowest BCUT2D eigenvalue weighted by Gasteiger charge is -2.32. The lowest BCUT2D eigenvalue weighted by molar-refractivity contribution is 0.00450. The monoisotopic (exact) mass is 552 g/mol. The van der Waals surface area contributed by atoms with E-state index in [2.05, 4.69) is 31.8 Å². The molecule has 5 N–H and O–H groups in total. The Morgan fingerprint density at radius 3 is 2.62 bits per heavy atom.